The van der Waals surface area contributed by atoms with Crippen LogP contribution in [-0.2, 0) is 11.0 Å². The Balaban J connectivity index is 1.52. The fraction of sp³-hybridized carbons (Fsp3) is 0.562. The monoisotopic (exact) mass is 295 g/mol. The van der Waals surface area contributed by atoms with Crippen LogP contribution >= 0.6 is 0 Å². The molecule has 3 fully saturated rings. The summed E-state index contributed by atoms with van der Waals surface area (Å²) in [5.41, 5.74) is -0.889. The Morgan fingerprint density at radius 3 is 2.33 bits per heavy atom. The van der Waals surface area contributed by atoms with Crippen molar-refractivity contribution in [3.05, 3.63) is 29.8 Å². The van der Waals surface area contributed by atoms with Gasteiger partial charge in [-0.25, -0.2) is 0 Å². The average molecular weight is 295 g/mol. The second kappa shape index (κ2) is 4.24. The van der Waals surface area contributed by atoms with Crippen molar-refractivity contribution in [2.75, 3.05) is 5.32 Å². The first kappa shape index (κ1) is 13.2. The summed E-state index contributed by atoms with van der Waals surface area (Å²) in [7, 11) is 0. The van der Waals surface area contributed by atoms with Gasteiger partial charge in [-0.15, -0.1) is 0 Å². The zero-order valence-corrected chi connectivity index (χ0v) is 11.4. The highest BCUT2D eigenvalue weighted by molar-refractivity contribution is 5.95. The zero-order chi connectivity index (χ0) is 14.8. The number of alkyl halides is 3. The lowest BCUT2D eigenvalue weighted by atomic mass is 10.0. The lowest BCUT2D eigenvalue weighted by molar-refractivity contribution is -0.137. The van der Waals surface area contributed by atoms with Gasteiger partial charge in [-0.05, 0) is 55.1 Å². The number of benzene rings is 1. The Morgan fingerprint density at radius 1 is 1.10 bits per heavy atom. The minimum absolute atomic E-state index is 0.0578. The molecule has 1 aromatic rings. The molecular weight excluding hydrogens is 279 g/mol. The largest absolute Gasteiger partial charge is 0.418 e. The van der Waals surface area contributed by atoms with Crippen LogP contribution in [0, 0.1) is 29.6 Å². The maximum absolute atomic E-state index is 12.9. The first-order valence-electron chi connectivity index (χ1n) is 7.44. The van der Waals surface area contributed by atoms with Gasteiger partial charge in [0.1, 0.15) is 0 Å². The van der Waals surface area contributed by atoms with E-state index in [4.69, 9.17) is 0 Å². The van der Waals surface area contributed by atoms with Crippen LogP contribution in [0.1, 0.15) is 24.8 Å². The molecule has 1 N–H and O–H groups in total. The number of anilines is 1. The van der Waals surface area contributed by atoms with Gasteiger partial charge in [-0.1, -0.05) is 12.1 Å². The van der Waals surface area contributed by atoms with Crippen molar-refractivity contribution in [1.29, 1.82) is 0 Å². The first-order valence-corrected chi connectivity index (χ1v) is 7.44. The van der Waals surface area contributed by atoms with Gasteiger partial charge < -0.3 is 5.32 Å². The molecule has 3 aliphatic carbocycles. The van der Waals surface area contributed by atoms with Crippen LogP contribution in [-0.4, -0.2) is 5.91 Å². The van der Waals surface area contributed by atoms with Crippen molar-refractivity contribution in [2.24, 2.45) is 29.6 Å². The van der Waals surface area contributed by atoms with Gasteiger partial charge in [-0.3, -0.25) is 4.79 Å². The van der Waals surface area contributed by atoms with Gasteiger partial charge in [0.25, 0.3) is 0 Å². The molecule has 3 aliphatic rings. The molecule has 2 nitrogen and oxygen atoms in total. The number of carbonyl (C=O) groups excluding carboxylic acids is 1. The van der Waals surface area contributed by atoms with E-state index in [0.717, 1.165) is 6.07 Å². The van der Waals surface area contributed by atoms with Gasteiger partial charge >= 0.3 is 6.18 Å². The Bertz CT molecular complexity index is 581. The number of halogens is 3. The molecule has 5 heteroatoms. The lowest BCUT2D eigenvalue weighted by Crippen LogP contribution is -2.21. The Kier molecular flexibility index (Phi) is 2.66. The van der Waals surface area contributed by atoms with E-state index in [1.54, 1.807) is 0 Å². The van der Waals surface area contributed by atoms with E-state index in [1.165, 1.54) is 37.5 Å². The number of nitrogens with one attached hydrogen (secondary N) is 1. The highest BCUT2D eigenvalue weighted by Crippen LogP contribution is 2.69. The molecule has 2 bridgehead atoms. The van der Waals surface area contributed by atoms with Crippen LogP contribution in [0.15, 0.2) is 24.3 Å². The number of hydrogen-bond acceptors (Lipinski definition) is 1. The minimum Gasteiger partial charge on any atom is -0.325 e. The summed E-state index contributed by atoms with van der Waals surface area (Å²) in [6, 6.07) is 5.19. The third-order valence-corrected chi connectivity index (χ3v) is 5.53. The topological polar surface area (TPSA) is 29.1 Å². The number of amides is 1. The van der Waals surface area contributed by atoms with E-state index in [9.17, 15) is 18.0 Å². The van der Waals surface area contributed by atoms with E-state index in [2.05, 4.69) is 5.32 Å². The Hall–Kier alpha value is -1.52. The molecule has 1 aromatic carbocycles. The summed E-state index contributed by atoms with van der Waals surface area (Å²) in [5, 5.41) is 2.52. The standard InChI is InChI=1S/C16H16F3NO/c17-16(18,19)10-3-1-2-4-11(10)20-15(21)14-12-8-5-6-9(7-8)13(12)14/h1-4,8-9,12-14H,5-7H2,(H,20,21)/t8-,9+,12+,13-,14?. The van der Waals surface area contributed by atoms with Gasteiger partial charge in [0.05, 0.1) is 11.3 Å². The van der Waals surface area contributed by atoms with E-state index in [-0.39, 0.29) is 17.5 Å². The van der Waals surface area contributed by atoms with Crippen molar-refractivity contribution in [2.45, 2.75) is 25.4 Å². The summed E-state index contributed by atoms with van der Waals surface area (Å²) >= 11 is 0. The molecule has 0 spiro atoms. The number of hydrogen-bond donors (Lipinski definition) is 1. The Morgan fingerprint density at radius 2 is 1.71 bits per heavy atom. The van der Waals surface area contributed by atoms with Crippen LogP contribution in [0.5, 0.6) is 0 Å². The molecule has 3 saturated carbocycles. The summed E-state index contributed by atoms with van der Waals surface area (Å²) in [6.45, 7) is 0. The van der Waals surface area contributed by atoms with Crippen LogP contribution in [0.4, 0.5) is 18.9 Å². The SMILES string of the molecule is O=C(Nc1ccccc1C(F)(F)F)C1[C@@H]2[C@H]3CC[C@H](C3)[C@H]12. The highest BCUT2D eigenvalue weighted by Gasteiger charge is 2.67. The molecule has 0 saturated heterocycles. The van der Waals surface area contributed by atoms with Gasteiger partial charge in [-0.2, -0.15) is 13.2 Å². The molecule has 21 heavy (non-hydrogen) atoms. The lowest BCUT2D eigenvalue weighted by Gasteiger charge is -2.14. The first-order chi connectivity index (χ1) is 9.97. The highest BCUT2D eigenvalue weighted by atomic mass is 19.4. The van der Waals surface area contributed by atoms with Crippen molar-refractivity contribution < 1.29 is 18.0 Å². The Labute approximate surface area is 120 Å². The van der Waals surface area contributed by atoms with Gasteiger partial charge in [0, 0.05) is 5.92 Å². The average Bonchev–Trinajstić information content (AvgIpc) is 2.87. The molecule has 1 unspecified atom stereocenters. The van der Waals surface area contributed by atoms with Gasteiger partial charge in [0.2, 0.25) is 5.91 Å². The molecule has 1 amide bonds. The van der Waals surface area contributed by atoms with Crippen molar-refractivity contribution in [3.63, 3.8) is 0 Å². The maximum atomic E-state index is 12.9. The van der Waals surface area contributed by atoms with Crippen LogP contribution in [0.2, 0.25) is 0 Å². The van der Waals surface area contributed by atoms with E-state index in [0.29, 0.717) is 23.7 Å². The summed E-state index contributed by atoms with van der Waals surface area (Å²) < 4.78 is 38.8. The van der Waals surface area contributed by atoms with Crippen molar-refractivity contribution >= 4 is 11.6 Å². The number of para-hydroxylation sites is 1. The molecule has 4 rings (SSSR count). The predicted molar refractivity (Wildman–Crippen MR) is 71.4 cm³/mol. The summed E-state index contributed by atoms with van der Waals surface area (Å²) in [6.07, 6.45) is -0.843. The summed E-state index contributed by atoms with van der Waals surface area (Å²) in [4.78, 5) is 12.3. The molecule has 5 atom stereocenters. The molecule has 0 aliphatic heterocycles. The molecule has 112 valence electrons. The summed E-state index contributed by atoms with van der Waals surface area (Å²) in [5.74, 6) is 1.85. The van der Waals surface area contributed by atoms with E-state index >= 15 is 0 Å². The van der Waals surface area contributed by atoms with Crippen molar-refractivity contribution in [3.8, 4) is 0 Å². The fourth-order valence-electron chi connectivity index (χ4n) is 4.73. The number of fused-ring (bicyclic) bond motifs is 5. The van der Waals surface area contributed by atoms with Crippen LogP contribution in [0.25, 0.3) is 0 Å². The second-order valence-corrected chi connectivity index (χ2v) is 6.55. The molecule has 0 radical (unpaired) electrons. The van der Waals surface area contributed by atoms with Crippen molar-refractivity contribution in [1.82, 2.24) is 0 Å². The molecule has 0 heterocycles. The fourth-order valence-corrected chi connectivity index (χ4v) is 4.73. The van der Waals surface area contributed by atoms with Crippen LogP contribution < -0.4 is 5.32 Å². The zero-order valence-electron chi connectivity index (χ0n) is 11.4. The van der Waals surface area contributed by atoms with Gasteiger partial charge in [0.15, 0.2) is 0 Å². The number of carbonyl (C=O) groups is 1. The maximum Gasteiger partial charge on any atom is 0.418 e. The minimum atomic E-state index is -4.44. The predicted octanol–water partition coefficient (Wildman–Crippen LogP) is 3.94. The smallest absolute Gasteiger partial charge is 0.325 e. The third kappa shape index (κ3) is 1.97. The molecular formula is C16H16F3NO. The quantitative estimate of drug-likeness (QED) is 0.880. The number of rotatable bonds is 2. The third-order valence-electron chi connectivity index (χ3n) is 5.53. The van der Waals surface area contributed by atoms with E-state index < -0.39 is 11.7 Å². The second-order valence-electron chi connectivity index (χ2n) is 6.55. The normalized spacial score (nSPS) is 36.4. The molecule has 0 aromatic heterocycles. The van der Waals surface area contributed by atoms with E-state index in [1.807, 2.05) is 0 Å². The van der Waals surface area contributed by atoms with Crippen LogP contribution in [0.3, 0.4) is 0 Å².